The Morgan fingerprint density at radius 3 is 2.89 bits per heavy atom. The van der Waals surface area contributed by atoms with Crippen LogP contribution in [-0.2, 0) is 6.42 Å². The van der Waals surface area contributed by atoms with Crippen molar-refractivity contribution >= 4 is 0 Å². The monoisotopic (exact) mass is 261 g/mol. The van der Waals surface area contributed by atoms with Crippen molar-refractivity contribution in [2.75, 3.05) is 7.11 Å². The highest BCUT2D eigenvalue weighted by molar-refractivity contribution is 5.35. The van der Waals surface area contributed by atoms with Crippen LogP contribution >= 0.6 is 0 Å². The Morgan fingerprint density at radius 2 is 2.16 bits per heavy atom. The summed E-state index contributed by atoms with van der Waals surface area (Å²) < 4.78 is 10.5. The largest absolute Gasteiger partial charge is 0.496 e. The summed E-state index contributed by atoms with van der Waals surface area (Å²) >= 11 is 0. The molecule has 0 aliphatic heterocycles. The molecule has 0 spiro atoms. The number of methoxy groups -OCH3 is 1. The second-order valence-electron chi connectivity index (χ2n) is 4.43. The summed E-state index contributed by atoms with van der Waals surface area (Å²) in [6.45, 7) is 2.08. The molecule has 0 amide bonds. The average molecular weight is 261 g/mol. The molecule has 5 heteroatoms. The Labute approximate surface area is 112 Å². The van der Waals surface area contributed by atoms with Gasteiger partial charge in [-0.15, -0.1) is 0 Å². The Kier molecular flexibility index (Phi) is 4.52. The van der Waals surface area contributed by atoms with E-state index in [1.165, 1.54) is 0 Å². The summed E-state index contributed by atoms with van der Waals surface area (Å²) in [5.74, 6) is 1.96. The number of aromatic nitrogens is 2. The molecule has 1 aromatic carbocycles. The van der Waals surface area contributed by atoms with Crippen LogP contribution in [0.1, 0.15) is 43.1 Å². The van der Waals surface area contributed by atoms with Gasteiger partial charge in [-0.05, 0) is 12.5 Å². The quantitative estimate of drug-likeness (QED) is 0.864. The third-order valence-electron chi connectivity index (χ3n) is 2.94. The van der Waals surface area contributed by atoms with Gasteiger partial charge in [0, 0.05) is 12.0 Å². The van der Waals surface area contributed by atoms with Gasteiger partial charge in [-0.25, -0.2) is 0 Å². The summed E-state index contributed by atoms with van der Waals surface area (Å²) in [6.07, 6.45) is 2.41. The second kappa shape index (κ2) is 6.33. The number of hydrogen-bond donors (Lipinski definition) is 1. The zero-order valence-electron chi connectivity index (χ0n) is 11.3. The maximum Gasteiger partial charge on any atom is 0.243 e. The van der Waals surface area contributed by atoms with E-state index >= 15 is 0 Å². The van der Waals surface area contributed by atoms with Crippen LogP contribution in [0.2, 0.25) is 0 Å². The number of nitrogens with zero attached hydrogens (tertiary/aromatic N) is 2. The van der Waals surface area contributed by atoms with Crippen LogP contribution in [0.25, 0.3) is 0 Å². The van der Waals surface area contributed by atoms with Crippen molar-refractivity contribution in [1.29, 1.82) is 0 Å². The van der Waals surface area contributed by atoms with Gasteiger partial charge in [0.2, 0.25) is 5.89 Å². The molecule has 102 valence electrons. The molecule has 5 nitrogen and oxygen atoms in total. The fourth-order valence-electron chi connectivity index (χ4n) is 1.94. The van der Waals surface area contributed by atoms with Crippen molar-refractivity contribution in [3.8, 4) is 5.75 Å². The van der Waals surface area contributed by atoms with E-state index in [-0.39, 0.29) is 6.04 Å². The van der Waals surface area contributed by atoms with Crippen molar-refractivity contribution in [1.82, 2.24) is 10.1 Å². The van der Waals surface area contributed by atoms with Crippen LogP contribution in [0.3, 0.4) is 0 Å². The molecule has 2 N–H and O–H groups in total. The van der Waals surface area contributed by atoms with Gasteiger partial charge in [0.15, 0.2) is 5.82 Å². The van der Waals surface area contributed by atoms with Gasteiger partial charge in [-0.1, -0.05) is 36.7 Å². The Hall–Kier alpha value is -1.88. The molecule has 1 atom stereocenters. The molecule has 19 heavy (non-hydrogen) atoms. The third-order valence-corrected chi connectivity index (χ3v) is 2.94. The maximum atomic E-state index is 5.95. The van der Waals surface area contributed by atoms with Crippen LogP contribution < -0.4 is 10.5 Å². The topological polar surface area (TPSA) is 74.2 Å². The molecule has 1 heterocycles. The minimum Gasteiger partial charge on any atom is -0.496 e. The van der Waals surface area contributed by atoms with Crippen LogP contribution in [0, 0.1) is 0 Å². The first-order chi connectivity index (χ1) is 9.24. The predicted molar refractivity (Wildman–Crippen MR) is 71.9 cm³/mol. The van der Waals surface area contributed by atoms with Gasteiger partial charge in [0.05, 0.1) is 13.2 Å². The smallest absolute Gasteiger partial charge is 0.243 e. The normalized spacial score (nSPS) is 12.4. The van der Waals surface area contributed by atoms with Crippen LogP contribution in [-0.4, -0.2) is 17.3 Å². The molecule has 0 fully saturated rings. The molecule has 0 saturated carbocycles. The van der Waals surface area contributed by atoms with Crippen LogP contribution in [0.5, 0.6) is 5.75 Å². The lowest BCUT2D eigenvalue weighted by Gasteiger charge is -2.05. The van der Waals surface area contributed by atoms with Crippen molar-refractivity contribution in [2.24, 2.45) is 5.73 Å². The fourth-order valence-corrected chi connectivity index (χ4v) is 1.94. The first-order valence-corrected chi connectivity index (χ1v) is 6.44. The number of nitrogens with two attached hydrogens (primary N) is 1. The number of para-hydroxylation sites is 1. The van der Waals surface area contributed by atoms with E-state index in [1.807, 2.05) is 24.3 Å². The van der Waals surface area contributed by atoms with E-state index in [2.05, 4.69) is 17.1 Å². The predicted octanol–water partition coefficient (Wildman–Crippen LogP) is 2.47. The van der Waals surface area contributed by atoms with Gasteiger partial charge in [-0.2, -0.15) is 4.98 Å². The summed E-state index contributed by atoms with van der Waals surface area (Å²) in [5, 5.41) is 3.97. The fraction of sp³-hybridized carbons (Fsp3) is 0.429. The number of hydrogen-bond acceptors (Lipinski definition) is 5. The molecule has 2 rings (SSSR count). The van der Waals surface area contributed by atoms with Crippen molar-refractivity contribution in [3.05, 3.63) is 41.5 Å². The van der Waals surface area contributed by atoms with E-state index in [0.717, 1.165) is 24.2 Å². The zero-order valence-corrected chi connectivity index (χ0v) is 11.3. The summed E-state index contributed by atoms with van der Waals surface area (Å²) in [6, 6.07) is 7.62. The Bertz CT molecular complexity index is 525. The van der Waals surface area contributed by atoms with Gasteiger partial charge < -0.3 is 15.0 Å². The first kappa shape index (κ1) is 13.5. The van der Waals surface area contributed by atoms with E-state index in [9.17, 15) is 0 Å². The SMILES string of the molecule is CCCC(N)c1nc(Cc2ccccc2OC)no1. The van der Waals surface area contributed by atoms with Crippen LogP contribution in [0.4, 0.5) is 0 Å². The summed E-state index contributed by atoms with van der Waals surface area (Å²) in [5.41, 5.74) is 6.98. The number of benzene rings is 1. The lowest BCUT2D eigenvalue weighted by atomic mass is 10.1. The molecule has 0 saturated heterocycles. The molecule has 0 bridgehead atoms. The van der Waals surface area contributed by atoms with Crippen LogP contribution in [0.15, 0.2) is 28.8 Å². The maximum absolute atomic E-state index is 5.95. The van der Waals surface area contributed by atoms with Gasteiger partial charge in [0.1, 0.15) is 5.75 Å². The molecule has 1 aromatic heterocycles. The average Bonchev–Trinajstić information content (AvgIpc) is 2.88. The molecule has 2 aromatic rings. The highest BCUT2D eigenvalue weighted by Crippen LogP contribution is 2.21. The Morgan fingerprint density at radius 1 is 1.37 bits per heavy atom. The minimum atomic E-state index is -0.177. The standard InChI is InChI=1S/C14H19N3O2/c1-3-6-11(15)14-16-13(17-19-14)9-10-7-4-5-8-12(10)18-2/h4-5,7-8,11H,3,6,9,15H2,1-2H3. The molecular weight excluding hydrogens is 242 g/mol. The van der Waals surface area contributed by atoms with Gasteiger partial charge in [0.25, 0.3) is 0 Å². The summed E-state index contributed by atoms with van der Waals surface area (Å²) in [4.78, 5) is 4.34. The van der Waals surface area contributed by atoms with Crippen molar-refractivity contribution in [3.63, 3.8) is 0 Å². The molecule has 0 aliphatic rings. The number of rotatable bonds is 6. The van der Waals surface area contributed by atoms with E-state index < -0.39 is 0 Å². The van der Waals surface area contributed by atoms with E-state index in [0.29, 0.717) is 18.1 Å². The van der Waals surface area contributed by atoms with Gasteiger partial charge in [-0.3, -0.25) is 0 Å². The minimum absolute atomic E-state index is 0.177. The lowest BCUT2D eigenvalue weighted by molar-refractivity contribution is 0.344. The lowest BCUT2D eigenvalue weighted by Crippen LogP contribution is -2.10. The van der Waals surface area contributed by atoms with Gasteiger partial charge >= 0.3 is 0 Å². The first-order valence-electron chi connectivity index (χ1n) is 6.44. The Balaban J connectivity index is 2.11. The molecule has 0 radical (unpaired) electrons. The molecule has 1 unspecified atom stereocenters. The highest BCUT2D eigenvalue weighted by atomic mass is 16.5. The number of ether oxygens (including phenoxy) is 1. The van der Waals surface area contributed by atoms with E-state index in [4.69, 9.17) is 15.0 Å². The van der Waals surface area contributed by atoms with E-state index in [1.54, 1.807) is 7.11 Å². The highest BCUT2D eigenvalue weighted by Gasteiger charge is 2.15. The third kappa shape index (κ3) is 3.32. The van der Waals surface area contributed by atoms with Crippen molar-refractivity contribution in [2.45, 2.75) is 32.2 Å². The zero-order chi connectivity index (χ0) is 13.7. The van der Waals surface area contributed by atoms with Crippen molar-refractivity contribution < 1.29 is 9.26 Å². The molecule has 0 aliphatic carbocycles. The second-order valence-corrected chi connectivity index (χ2v) is 4.43. The summed E-state index contributed by atoms with van der Waals surface area (Å²) in [7, 11) is 1.65. The molecular formula is C14H19N3O2.